The Hall–Kier alpha value is -2.92. The van der Waals surface area contributed by atoms with Crippen LogP contribution in [0.3, 0.4) is 0 Å². The second-order valence-electron chi connectivity index (χ2n) is 15.4. The highest BCUT2D eigenvalue weighted by molar-refractivity contribution is 5.85. The van der Waals surface area contributed by atoms with Gasteiger partial charge in [0.15, 0.2) is 0 Å². The third-order valence-corrected chi connectivity index (χ3v) is 12.3. The van der Waals surface area contributed by atoms with Gasteiger partial charge in [0.1, 0.15) is 11.9 Å². The van der Waals surface area contributed by atoms with Crippen LogP contribution in [0.15, 0.2) is 60.7 Å². The molecule has 0 aliphatic heterocycles. The smallest absolute Gasteiger partial charge is 0.226 e. The minimum absolute atomic E-state index is 0.136. The zero-order valence-electron chi connectivity index (χ0n) is 28.7. The Kier molecular flexibility index (Phi) is 10.9. The first-order chi connectivity index (χ1) is 22.8. The third-order valence-electron chi connectivity index (χ3n) is 12.3. The van der Waals surface area contributed by atoms with Gasteiger partial charge in [0.2, 0.25) is 5.91 Å². The number of alkyl halides is 1. The molecule has 0 radical (unpaired) electrons. The van der Waals surface area contributed by atoms with Crippen molar-refractivity contribution in [2.45, 2.75) is 122 Å². The number of halogens is 1. The number of phenols is 1. The molecule has 47 heavy (non-hydrogen) atoms. The van der Waals surface area contributed by atoms with Crippen molar-refractivity contribution in [3.8, 4) is 5.75 Å². The summed E-state index contributed by atoms with van der Waals surface area (Å²) in [5.41, 5.74) is 2.95. The van der Waals surface area contributed by atoms with Gasteiger partial charge in [-0.05, 0) is 108 Å². The van der Waals surface area contributed by atoms with Crippen molar-refractivity contribution in [2.75, 3.05) is 13.1 Å². The number of fused-ring (bicyclic) bond motifs is 6. The molecular formula is C42H56FNO3. The molecule has 0 bridgehead atoms. The van der Waals surface area contributed by atoms with Crippen molar-refractivity contribution in [3.63, 3.8) is 0 Å². The molecule has 1 amide bonds. The minimum Gasteiger partial charge on any atom is -0.508 e. The number of unbranched alkanes of at least 4 members (excludes halogenated alkanes) is 6. The van der Waals surface area contributed by atoms with Crippen LogP contribution >= 0.6 is 0 Å². The van der Waals surface area contributed by atoms with Gasteiger partial charge in [-0.25, -0.2) is 4.39 Å². The predicted octanol–water partition coefficient (Wildman–Crippen LogP) is 9.54. The number of hydrogen-bond acceptors (Lipinski definition) is 3. The third kappa shape index (κ3) is 7.41. The molecule has 3 aromatic carbocycles. The lowest BCUT2D eigenvalue weighted by Gasteiger charge is -2.54. The number of phenolic OH excluding ortho intramolecular Hbond substituents is 1. The van der Waals surface area contributed by atoms with Gasteiger partial charge < -0.3 is 15.1 Å². The monoisotopic (exact) mass is 641 g/mol. The summed E-state index contributed by atoms with van der Waals surface area (Å²) in [5, 5.41) is 23.6. The van der Waals surface area contributed by atoms with Crippen LogP contribution in [0.4, 0.5) is 4.39 Å². The Labute approximate surface area is 281 Å². The molecule has 0 spiro atoms. The predicted molar refractivity (Wildman–Crippen MR) is 189 cm³/mol. The molecule has 0 aromatic heterocycles. The Balaban J connectivity index is 1.05. The van der Waals surface area contributed by atoms with E-state index in [1.165, 1.54) is 23.6 Å². The fourth-order valence-corrected chi connectivity index (χ4v) is 9.82. The van der Waals surface area contributed by atoms with Crippen LogP contribution in [0.25, 0.3) is 10.8 Å². The lowest BCUT2D eigenvalue weighted by atomic mass is 9.51. The summed E-state index contributed by atoms with van der Waals surface area (Å²) in [6, 6.07) is 20.3. The second kappa shape index (κ2) is 15.1. The summed E-state index contributed by atoms with van der Waals surface area (Å²) in [6.07, 6.45) is 12.1. The lowest BCUT2D eigenvalue weighted by molar-refractivity contribution is -0.130. The summed E-state index contributed by atoms with van der Waals surface area (Å²) in [4.78, 5) is 15.6. The quantitative estimate of drug-likeness (QED) is 0.172. The van der Waals surface area contributed by atoms with Gasteiger partial charge in [-0.3, -0.25) is 4.79 Å². The van der Waals surface area contributed by atoms with E-state index in [-0.39, 0.29) is 28.9 Å². The SMILES string of the molecule is CCCCCCN(CCCCCC[C@@H]1Cc2cc(O)ccc2C2C1C1CC[C@H](O)[C@@]1(C)C[C@@H]2F)C(=O)Cc1ccc2ccccc2c1. The summed E-state index contributed by atoms with van der Waals surface area (Å²) in [6.45, 7) is 6.00. The fraction of sp³-hybridized carbons (Fsp3) is 0.595. The van der Waals surface area contributed by atoms with E-state index in [1.807, 2.05) is 24.3 Å². The Morgan fingerprint density at radius 3 is 2.45 bits per heavy atom. The Morgan fingerprint density at radius 1 is 0.915 bits per heavy atom. The first kappa shape index (κ1) is 34.0. The summed E-state index contributed by atoms with van der Waals surface area (Å²) in [7, 11) is 0. The van der Waals surface area contributed by atoms with Crippen LogP contribution in [0.5, 0.6) is 5.75 Å². The van der Waals surface area contributed by atoms with E-state index < -0.39 is 12.3 Å². The fourth-order valence-electron chi connectivity index (χ4n) is 9.82. The number of nitrogens with zero attached hydrogens (tertiary/aromatic N) is 1. The number of aliphatic hydroxyl groups excluding tert-OH is 1. The van der Waals surface area contributed by atoms with Crippen LogP contribution in [0, 0.1) is 23.2 Å². The Morgan fingerprint density at radius 2 is 1.66 bits per heavy atom. The van der Waals surface area contributed by atoms with E-state index in [0.29, 0.717) is 24.7 Å². The molecule has 3 unspecified atom stereocenters. The summed E-state index contributed by atoms with van der Waals surface area (Å²) >= 11 is 0. The average molecular weight is 642 g/mol. The van der Waals surface area contributed by atoms with Gasteiger partial charge in [-0.2, -0.15) is 0 Å². The van der Waals surface area contributed by atoms with E-state index in [4.69, 9.17) is 0 Å². The largest absolute Gasteiger partial charge is 0.508 e. The van der Waals surface area contributed by atoms with Crippen LogP contribution in [0.2, 0.25) is 0 Å². The molecule has 6 rings (SSSR count). The number of hydrogen-bond donors (Lipinski definition) is 2. The van der Waals surface area contributed by atoms with Gasteiger partial charge in [0.25, 0.3) is 0 Å². The molecule has 2 saturated carbocycles. The molecule has 5 heteroatoms. The summed E-state index contributed by atoms with van der Waals surface area (Å²) in [5.74, 6) is 1.30. The van der Waals surface area contributed by atoms with Crippen LogP contribution in [0.1, 0.15) is 114 Å². The molecule has 0 saturated heterocycles. The van der Waals surface area contributed by atoms with Crippen LogP contribution in [-0.4, -0.2) is 46.4 Å². The number of carbonyl (C=O) groups is 1. The molecule has 2 N–H and O–H groups in total. The molecule has 2 fully saturated rings. The van der Waals surface area contributed by atoms with Gasteiger partial charge in [0, 0.05) is 19.0 Å². The molecule has 7 atom stereocenters. The zero-order valence-corrected chi connectivity index (χ0v) is 28.7. The highest BCUT2D eigenvalue weighted by Gasteiger charge is 2.59. The standard InChI is InChI=1S/C42H56FNO3/c1-3-4-5-11-22-44(39(47)25-29-16-17-30-13-9-10-14-31(30)24-29)23-12-7-6-8-15-32-26-33-27-34(45)18-19-35(33)41-37(43)28-42(2)36(40(32)41)20-21-38(42)46/h9-10,13-14,16-19,24,27,32,36-38,40-41,45-46H,3-8,11-12,15,20-23,25-26,28H2,1-2H3/t32-,36?,37+,38+,40?,41?,42+/m1/s1. The van der Waals surface area contributed by atoms with Gasteiger partial charge >= 0.3 is 0 Å². The molecule has 3 aliphatic carbocycles. The van der Waals surface area contributed by atoms with Crippen LogP contribution < -0.4 is 0 Å². The van der Waals surface area contributed by atoms with E-state index in [1.54, 1.807) is 6.07 Å². The van der Waals surface area contributed by atoms with Crippen molar-refractivity contribution >= 4 is 16.7 Å². The van der Waals surface area contributed by atoms with E-state index in [2.05, 4.69) is 49.1 Å². The van der Waals surface area contributed by atoms with Crippen LogP contribution in [-0.2, 0) is 17.6 Å². The Bertz CT molecular complexity index is 1510. The maximum Gasteiger partial charge on any atom is 0.226 e. The van der Waals surface area contributed by atoms with E-state index in [9.17, 15) is 15.0 Å². The van der Waals surface area contributed by atoms with E-state index >= 15 is 4.39 Å². The second-order valence-corrected chi connectivity index (χ2v) is 15.4. The molecule has 3 aromatic rings. The maximum absolute atomic E-state index is 16.1. The first-order valence-electron chi connectivity index (χ1n) is 18.7. The maximum atomic E-state index is 16.1. The molecule has 4 nitrogen and oxygen atoms in total. The van der Waals surface area contributed by atoms with Crippen molar-refractivity contribution in [3.05, 3.63) is 77.4 Å². The molecule has 0 heterocycles. The van der Waals surface area contributed by atoms with Crippen molar-refractivity contribution in [1.82, 2.24) is 4.90 Å². The number of aromatic hydroxyl groups is 1. The van der Waals surface area contributed by atoms with Gasteiger partial charge in [0.05, 0.1) is 12.5 Å². The molecular weight excluding hydrogens is 585 g/mol. The zero-order chi connectivity index (χ0) is 33.0. The van der Waals surface area contributed by atoms with Crippen molar-refractivity contribution < 1.29 is 19.4 Å². The van der Waals surface area contributed by atoms with Gasteiger partial charge in [-0.15, -0.1) is 0 Å². The number of rotatable bonds is 14. The number of benzene rings is 3. The normalized spacial score (nSPS) is 28.1. The topological polar surface area (TPSA) is 60.8 Å². The number of carbonyl (C=O) groups excluding carboxylic acids is 1. The number of amides is 1. The highest BCUT2D eigenvalue weighted by Crippen LogP contribution is 2.63. The molecule has 3 aliphatic rings. The number of aliphatic hydroxyl groups is 1. The average Bonchev–Trinajstić information content (AvgIpc) is 3.35. The van der Waals surface area contributed by atoms with E-state index in [0.717, 1.165) is 94.0 Å². The van der Waals surface area contributed by atoms with Crippen molar-refractivity contribution in [1.29, 1.82) is 0 Å². The van der Waals surface area contributed by atoms with Gasteiger partial charge in [-0.1, -0.05) is 101 Å². The summed E-state index contributed by atoms with van der Waals surface area (Å²) < 4.78 is 16.1. The minimum atomic E-state index is -0.962. The molecule has 254 valence electrons. The first-order valence-corrected chi connectivity index (χ1v) is 18.7. The van der Waals surface area contributed by atoms with Crippen molar-refractivity contribution in [2.24, 2.45) is 23.2 Å². The lowest BCUT2D eigenvalue weighted by Crippen LogP contribution is -2.51. The highest BCUT2D eigenvalue weighted by atomic mass is 19.1.